The number of para-hydroxylation sites is 1. The molecule has 0 bridgehead atoms. The van der Waals surface area contributed by atoms with E-state index in [1.807, 2.05) is 36.4 Å². The molecule has 3 aromatic rings. The number of benzene rings is 1. The third-order valence-corrected chi connectivity index (χ3v) is 2.90. The van der Waals surface area contributed by atoms with Gasteiger partial charge in [0.2, 0.25) is 0 Å². The van der Waals surface area contributed by atoms with Gasteiger partial charge in [0.05, 0.1) is 5.56 Å². The Kier molecular flexibility index (Phi) is 2.65. The van der Waals surface area contributed by atoms with Gasteiger partial charge in [0.1, 0.15) is 11.8 Å². The number of furan rings is 1. The van der Waals surface area contributed by atoms with Crippen LogP contribution in [0.2, 0.25) is 0 Å². The summed E-state index contributed by atoms with van der Waals surface area (Å²) in [5, 5.41) is 0.872. The van der Waals surface area contributed by atoms with Gasteiger partial charge >= 0.3 is 0 Å². The molecular weight excluding hydrogens is 226 g/mol. The normalized spacial score (nSPS) is 10.7. The maximum absolute atomic E-state index is 12.2. The minimum absolute atomic E-state index is 0.0613. The molecule has 0 N–H and O–H groups in total. The predicted octanol–water partition coefficient (Wildman–Crippen LogP) is 3.25. The number of hydrogen-bond acceptors (Lipinski definition) is 3. The van der Waals surface area contributed by atoms with E-state index in [0.717, 1.165) is 16.5 Å². The van der Waals surface area contributed by atoms with Crippen LogP contribution in [-0.4, -0.2) is 10.8 Å². The largest absolute Gasteiger partial charge is 0.464 e. The number of carbonyl (C=O) groups excluding carboxylic acids is 1. The van der Waals surface area contributed by atoms with Crippen LogP contribution in [0.1, 0.15) is 15.9 Å². The average Bonchev–Trinajstić information content (AvgIpc) is 2.84. The van der Waals surface area contributed by atoms with Gasteiger partial charge in [-0.3, -0.25) is 9.78 Å². The maximum atomic E-state index is 12.2. The van der Waals surface area contributed by atoms with Gasteiger partial charge in [0.25, 0.3) is 0 Å². The maximum Gasteiger partial charge on any atom is 0.171 e. The summed E-state index contributed by atoms with van der Waals surface area (Å²) in [5.41, 5.74) is 2.35. The third-order valence-electron chi connectivity index (χ3n) is 2.90. The number of ketones is 1. The summed E-state index contributed by atoms with van der Waals surface area (Å²) in [6, 6.07) is 11.3. The summed E-state index contributed by atoms with van der Waals surface area (Å²) in [6.45, 7) is 0. The first-order valence-corrected chi connectivity index (χ1v) is 5.73. The fourth-order valence-corrected chi connectivity index (χ4v) is 1.97. The topological polar surface area (TPSA) is 43.1 Å². The van der Waals surface area contributed by atoms with E-state index in [9.17, 15) is 4.79 Å². The van der Waals surface area contributed by atoms with E-state index in [1.54, 1.807) is 12.4 Å². The second-order valence-electron chi connectivity index (χ2n) is 4.10. The smallest absolute Gasteiger partial charge is 0.171 e. The van der Waals surface area contributed by atoms with Crippen LogP contribution >= 0.6 is 0 Å². The molecule has 0 saturated heterocycles. The molecule has 1 aromatic carbocycles. The Balaban J connectivity index is 1.93. The highest BCUT2D eigenvalue weighted by Crippen LogP contribution is 2.22. The number of hydrogen-bond donors (Lipinski definition) is 0. The summed E-state index contributed by atoms with van der Waals surface area (Å²) in [7, 11) is 0. The first-order chi connectivity index (χ1) is 8.84. The molecule has 88 valence electrons. The first kappa shape index (κ1) is 10.7. The lowest BCUT2D eigenvalue weighted by Crippen LogP contribution is -2.02. The molecule has 0 aliphatic carbocycles. The molecule has 18 heavy (non-hydrogen) atoms. The van der Waals surface area contributed by atoms with Gasteiger partial charge in [0, 0.05) is 24.2 Å². The molecule has 0 radical (unpaired) electrons. The first-order valence-electron chi connectivity index (χ1n) is 5.73. The molecule has 0 amide bonds. The van der Waals surface area contributed by atoms with Crippen molar-refractivity contribution in [3.8, 4) is 0 Å². The van der Waals surface area contributed by atoms with Crippen molar-refractivity contribution in [1.82, 2.24) is 4.98 Å². The summed E-state index contributed by atoms with van der Waals surface area (Å²) in [6.07, 6.45) is 5.28. The molecule has 3 rings (SSSR count). The van der Waals surface area contributed by atoms with Gasteiger partial charge in [-0.25, -0.2) is 0 Å². The molecule has 0 aliphatic rings. The summed E-state index contributed by atoms with van der Waals surface area (Å²) in [5.74, 6) is 0.0613. The van der Waals surface area contributed by atoms with Crippen LogP contribution in [0.5, 0.6) is 0 Å². The molecule has 3 nitrogen and oxygen atoms in total. The van der Waals surface area contributed by atoms with Crippen molar-refractivity contribution in [2.45, 2.75) is 6.42 Å². The molecule has 0 unspecified atom stereocenters. The number of fused-ring (bicyclic) bond motifs is 1. The Hall–Kier alpha value is -2.42. The minimum atomic E-state index is 0.0613. The van der Waals surface area contributed by atoms with Crippen molar-refractivity contribution in [3.05, 3.63) is 66.2 Å². The number of pyridine rings is 1. The van der Waals surface area contributed by atoms with E-state index >= 15 is 0 Å². The van der Waals surface area contributed by atoms with E-state index < -0.39 is 0 Å². The minimum Gasteiger partial charge on any atom is -0.464 e. The van der Waals surface area contributed by atoms with Crippen LogP contribution in [0.4, 0.5) is 0 Å². The van der Waals surface area contributed by atoms with Crippen molar-refractivity contribution in [3.63, 3.8) is 0 Å². The lowest BCUT2D eigenvalue weighted by atomic mass is 10.0. The molecule has 2 aromatic heterocycles. The standard InChI is InChI=1S/C15H11NO2/c17-14(9-11-5-7-16-8-6-11)13-10-18-15-4-2-1-3-12(13)15/h1-8,10H,9H2. The molecule has 0 saturated carbocycles. The second kappa shape index (κ2) is 4.45. The van der Waals surface area contributed by atoms with Crippen LogP contribution in [0.15, 0.2) is 59.5 Å². The Bertz CT molecular complexity index is 686. The Morgan fingerprint density at radius 1 is 1.11 bits per heavy atom. The lowest BCUT2D eigenvalue weighted by Gasteiger charge is -1.98. The van der Waals surface area contributed by atoms with Gasteiger partial charge in [-0.05, 0) is 23.8 Å². The Morgan fingerprint density at radius 2 is 1.89 bits per heavy atom. The fraction of sp³-hybridized carbons (Fsp3) is 0.0667. The average molecular weight is 237 g/mol. The number of Topliss-reactive ketones (excluding diaryl/α,β-unsaturated/α-hetero) is 1. The van der Waals surface area contributed by atoms with Crippen molar-refractivity contribution in [1.29, 1.82) is 0 Å². The Labute approximate surface area is 104 Å². The van der Waals surface area contributed by atoms with Gasteiger partial charge in [-0.2, -0.15) is 0 Å². The van der Waals surface area contributed by atoms with Crippen molar-refractivity contribution in [2.75, 3.05) is 0 Å². The number of aromatic nitrogens is 1. The van der Waals surface area contributed by atoms with E-state index in [4.69, 9.17) is 4.42 Å². The van der Waals surface area contributed by atoms with E-state index in [2.05, 4.69) is 4.98 Å². The monoisotopic (exact) mass is 237 g/mol. The van der Waals surface area contributed by atoms with Crippen LogP contribution in [0.25, 0.3) is 11.0 Å². The van der Waals surface area contributed by atoms with Gasteiger partial charge in [0.15, 0.2) is 5.78 Å². The zero-order valence-corrected chi connectivity index (χ0v) is 9.67. The van der Waals surface area contributed by atoms with E-state index in [0.29, 0.717) is 12.0 Å². The third kappa shape index (κ3) is 1.91. The highest BCUT2D eigenvalue weighted by molar-refractivity contribution is 6.07. The highest BCUT2D eigenvalue weighted by atomic mass is 16.3. The van der Waals surface area contributed by atoms with Gasteiger partial charge in [-0.15, -0.1) is 0 Å². The molecular formula is C15H11NO2. The van der Waals surface area contributed by atoms with Crippen molar-refractivity contribution < 1.29 is 9.21 Å². The zero-order valence-electron chi connectivity index (χ0n) is 9.67. The van der Waals surface area contributed by atoms with Crippen LogP contribution in [-0.2, 0) is 6.42 Å². The van der Waals surface area contributed by atoms with Crippen LogP contribution in [0, 0.1) is 0 Å². The molecule has 2 heterocycles. The predicted molar refractivity (Wildman–Crippen MR) is 68.5 cm³/mol. The zero-order chi connectivity index (χ0) is 12.4. The number of rotatable bonds is 3. The lowest BCUT2D eigenvalue weighted by molar-refractivity contribution is 0.0993. The highest BCUT2D eigenvalue weighted by Gasteiger charge is 2.13. The van der Waals surface area contributed by atoms with E-state index in [-0.39, 0.29) is 5.78 Å². The van der Waals surface area contributed by atoms with Crippen LogP contribution in [0.3, 0.4) is 0 Å². The SMILES string of the molecule is O=C(Cc1ccncc1)c1coc2ccccc12. The number of nitrogens with zero attached hydrogens (tertiary/aromatic N) is 1. The van der Waals surface area contributed by atoms with Crippen LogP contribution < -0.4 is 0 Å². The fourth-order valence-electron chi connectivity index (χ4n) is 1.97. The molecule has 3 heteroatoms. The van der Waals surface area contributed by atoms with Crippen molar-refractivity contribution in [2.24, 2.45) is 0 Å². The Morgan fingerprint density at radius 3 is 2.72 bits per heavy atom. The molecule has 0 atom stereocenters. The molecule has 0 spiro atoms. The summed E-state index contributed by atoms with van der Waals surface area (Å²) < 4.78 is 5.37. The van der Waals surface area contributed by atoms with E-state index in [1.165, 1.54) is 6.26 Å². The van der Waals surface area contributed by atoms with Crippen molar-refractivity contribution >= 4 is 16.8 Å². The number of carbonyl (C=O) groups is 1. The molecule has 0 aliphatic heterocycles. The second-order valence-corrected chi connectivity index (χ2v) is 4.10. The quantitative estimate of drug-likeness (QED) is 0.657. The van der Waals surface area contributed by atoms with Gasteiger partial charge < -0.3 is 4.42 Å². The molecule has 0 fully saturated rings. The van der Waals surface area contributed by atoms with Gasteiger partial charge in [-0.1, -0.05) is 18.2 Å². The summed E-state index contributed by atoms with van der Waals surface area (Å²) >= 11 is 0. The summed E-state index contributed by atoms with van der Waals surface area (Å²) in [4.78, 5) is 16.1.